The number of thiophene rings is 1. The Hall–Kier alpha value is -1.81. The second-order valence-electron chi connectivity index (χ2n) is 6.55. The molecule has 128 valence electrons. The third-order valence-corrected chi connectivity index (χ3v) is 5.77. The van der Waals surface area contributed by atoms with Crippen molar-refractivity contribution in [2.24, 2.45) is 5.92 Å². The van der Waals surface area contributed by atoms with Crippen LogP contribution in [0.25, 0.3) is 0 Å². The summed E-state index contributed by atoms with van der Waals surface area (Å²) in [7, 11) is 0. The molecule has 2 aromatic rings. The van der Waals surface area contributed by atoms with Gasteiger partial charge in [-0.15, -0.1) is 11.3 Å². The van der Waals surface area contributed by atoms with Crippen molar-refractivity contribution in [2.75, 3.05) is 10.6 Å². The Balaban J connectivity index is 1.67. The minimum absolute atomic E-state index is 0.0439. The molecule has 1 fully saturated rings. The van der Waals surface area contributed by atoms with Crippen molar-refractivity contribution < 1.29 is 4.79 Å². The lowest BCUT2D eigenvalue weighted by molar-refractivity contribution is -0.115. The topological polar surface area (TPSA) is 41.1 Å². The molecule has 2 unspecified atom stereocenters. The van der Waals surface area contributed by atoms with Gasteiger partial charge in [0.15, 0.2) is 0 Å². The van der Waals surface area contributed by atoms with Crippen molar-refractivity contribution in [1.82, 2.24) is 0 Å². The first-order valence-electron chi connectivity index (χ1n) is 8.94. The molecule has 2 N–H and O–H groups in total. The highest BCUT2D eigenvalue weighted by molar-refractivity contribution is 7.10. The quantitative estimate of drug-likeness (QED) is 0.747. The first kappa shape index (κ1) is 17.0. The first-order valence-corrected chi connectivity index (χ1v) is 9.82. The smallest absolute Gasteiger partial charge is 0.229 e. The zero-order valence-electron chi connectivity index (χ0n) is 14.3. The summed E-state index contributed by atoms with van der Waals surface area (Å²) in [6.07, 6.45) is 6.81. The van der Waals surface area contributed by atoms with Gasteiger partial charge in [0.05, 0.1) is 17.8 Å². The van der Waals surface area contributed by atoms with Crippen LogP contribution in [0.4, 0.5) is 11.4 Å². The summed E-state index contributed by atoms with van der Waals surface area (Å²) in [6.45, 7) is 2.28. The Bertz CT molecular complexity index is 653. The molecule has 0 radical (unpaired) electrons. The lowest BCUT2D eigenvalue weighted by atomic mass is 9.83. The number of carbonyl (C=O) groups is 1. The van der Waals surface area contributed by atoms with Gasteiger partial charge in [0.2, 0.25) is 5.91 Å². The number of rotatable bonds is 6. The van der Waals surface area contributed by atoms with E-state index in [9.17, 15) is 4.79 Å². The van der Waals surface area contributed by atoms with Crippen molar-refractivity contribution in [1.29, 1.82) is 0 Å². The molecule has 4 heteroatoms. The van der Waals surface area contributed by atoms with Crippen LogP contribution in [0.2, 0.25) is 0 Å². The number of amides is 1. The van der Waals surface area contributed by atoms with Gasteiger partial charge in [-0.1, -0.05) is 44.4 Å². The van der Waals surface area contributed by atoms with Gasteiger partial charge in [0.1, 0.15) is 0 Å². The highest BCUT2D eigenvalue weighted by Gasteiger charge is 2.24. The number of para-hydroxylation sites is 2. The average Bonchev–Trinajstić information content (AvgIpc) is 3.10. The van der Waals surface area contributed by atoms with Crippen LogP contribution in [-0.4, -0.2) is 11.9 Å². The molecule has 0 bridgehead atoms. The van der Waals surface area contributed by atoms with Gasteiger partial charge in [-0.3, -0.25) is 4.79 Å². The molecule has 2 atom stereocenters. The molecule has 0 spiro atoms. The lowest BCUT2D eigenvalue weighted by Gasteiger charge is -2.33. The van der Waals surface area contributed by atoms with E-state index in [2.05, 4.69) is 23.6 Å². The van der Waals surface area contributed by atoms with Crippen molar-refractivity contribution >= 4 is 28.6 Å². The van der Waals surface area contributed by atoms with Gasteiger partial charge in [0, 0.05) is 10.9 Å². The number of anilines is 2. The van der Waals surface area contributed by atoms with Crippen LogP contribution < -0.4 is 10.6 Å². The van der Waals surface area contributed by atoms with Gasteiger partial charge >= 0.3 is 0 Å². The third-order valence-electron chi connectivity index (χ3n) is 4.89. The monoisotopic (exact) mass is 342 g/mol. The maximum Gasteiger partial charge on any atom is 0.229 e. The van der Waals surface area contributed by atoms with Gasteiger partial charge in [-0.25, -0.2) is 0 Å². The van der Waals surface area contributed by atoms with E-state index in [1.807, 2.05) is 35.7 Å². The van der Waals surface area contributed by atoms with Crippen LogP contribution >= 0.6 is 11.3 Å². The van der Waals surface area contributed by atoms with Crippen molar-refractivity contribution in [3.05, 3.63) is 46.7 Å². The number of hydrogen-bond acceptors (Lipinski definition) is 3. The zero-order chi connectivity index (χ0) is 16.8. The number of benzene rings is 1. The fraction of sp³-hybridized carbons (Fsp3) is 0.450. The summed E-state index contributed by atoms with van der Waals surface area (Å²) >= 11 is 1.62. The molecule has 1 aromatic heterocycles. The predicted molar refractivity (Wildman–Crippen MR) is 103 cm³/mol. The van der Waals surface area contributed by atoms with E-state index >= 15 is 0 Å². The predicted octanol–water partition coefficient (Wildman–Crippen LogP) is 5.31. The van der Waals surface area contributed by atoms with Crippen molar-refractivity contribution in [2.45, 2.75) is 51.5 Å². The minimum atomic E-state index is 0.0439. The SMILES string of the molecule is CCC1CCCCC1Nc1ccccc1NC(=O)Cc1cccs1. The number of nitrogens with one attached hydrogen (secondary N) is 2. The second kappa shape index (κ2) is 8.34. The maximum absolute atomic E-state index is 12.3. The molecule has 1 aromatic carbocycles. The largest absolute Gasteiger partial charge is 0.380 e. The van der Waals surface area contributed by atoms with Gasteiger partial charge in [-0.2, -0.15) is 0 Å². The molecule has 0 aliphatic heterocycles. The summed E-state index contributed by atoms with van der Waals surface area (Å²) in [4.78, 5) is 13.4. The van der Waals surface area contributed by atoms with E-state index in [4.69, 9.17) is 0 Å². The Morgan fingerprint density at radius 1 is 1.12 bits per heavy atom. The number of hydrogen-bond donors (Lipinski definition) is 2. The molecule has 1 heterocycles. The molecule has 1 aliphatic carbocycles. The van der Waals surface area contributed by atoms with E-state index in [-0.39, 0.29) is 5.91 Å². The molecule has 3 nitrogen and oxygen atoms in total. The maximum atomic E-state index is 12.3. The Morgan fingerprint density at radius 3 is 2.67 bits per heavy atom. The van der Waals surface area contributed by atoms with Crippen LogP contribution in [0.15, 0.2) is 41.8 Å². The molecule has 1 aliphatic rings. The lowest BCUT2D eigenvalue weighted by Crippen LogP contribution is -2.32. The molecular weight excluding hydrogens is 316 g/mol. The Kier molecular flexibility index (Phi) is 5.91. The molecular formula is C20H26N2OS. The summed E-state index contributed by atoms with van der Waals surface area (Å²) in [5.74, 6) is 0.774. The first-order chi connectivity index (χ1) is 11.8. The standard InChI is InChI=1S/C20H26N2OS/c1-2-15-8-3-4-10-17(15)21-18-11-5-6-12-19(18)22-20(23)14-16-9-7-13-24-16/h5-7,9,11-13,15,17,21H,2-4,8,10,14H2,1H3,(H,22,23). The van der Waals surface area contributed by atoms with Crippen LogP contribution in [0.3, 0.4) is 0 Å². The van der Waals surface area contributed by atoms with Crippen molar-refractivity contribution in [3.63, 3.8) is 0 Å². The highest BCUT2D eigenvalue weighted by Crippen LogP contribution is 2.31. The van der Waals surface area contributed by atoms with E-state index in [0.29, 0.717) is 12.5 Å². The van der Waals surface area contributed by atoms with Gasteiger partial charge in [-0.05, 0) is 42.3 Å². The van der Waals surface area contributed by atoms with E-state index in [1.54, 1.807) is 11.3 Å². The number of carbonyl (C=O) groups excluding carboxylic acids is 1. The van der Waals surface area contributed by atoms with E-state index in [1.165, 1.54) is 32.1 Å². The van der Waals surface area contributed by atoms with Crippen LogP contribution in [0, 0.1) is 5.92 Å². The van der Waals surface area contributed by atoms with Crippen LogP contribution in [0.5, 0.6) is 0 Å². The summed E-state index contributed by atoms with van der Waals surface area (Å²) in [5, 5.41) is 8.79. The summed E-state index contributed by atoms with van der Waals surface area (Å²) in [6, 6.07) is 12.6. The Morgan fingerprint density at radius 2 is 1.92 bits per heavy atom. The summed E-state index contributed by atoms with van der Waals surface area (Å²) in [5.41, 5.74) is 1.93. The molecule has 3 rings (SSSR count). The molecule has 24 heavy (non-hydrogen) atoms. The zero-order valence-corrected chi connectivity index (χ0v) is 15.1. The normalized spacial score (nSPS) is 20.5. The minimum Gasteiger partial charge on any atom is -0.380 e. The van der Waals surface area contributed by atoms with Gasteiger partial charge < -0.3 is 10.6 Å². The highest BCUT2D eigenvalue weighted by atomic mass is 32.1. The van der Waals surface area contributed by atoms with Crippen LogP contribution in [-0.2, 0) is 11.2 Å². The fourth-order valence-electron chi connectivity index (χ4n) is 3.57. The van der Waals surface area contributed by atoms with Crippen molar-refractivity contribution in [3.8, 4) is 0 Å². The Labute approximate surface area is 148 Å². The summed E-state index contributed by atoms with van der Waals surface area (Å²) < 4.78 is 0. The van der Waals surface area contributed by atoms with Crippen LogP contribution in [0.1, 0.15) is 43.9 Å². The third kappa shape index (κ3) is 4.38. The van der Waals surface area contributed by atoms with E-state index in [0.717, 1.165) is 22.2 Å². The average molecular weight is 343 g/mol. The molecule has 0 saturated heterocycles. The molecule has 1 saturated carbocycles. The van der Waals surface area contributed by atoms with E-state index < -0.39 is 0 Å². The molecule has 1 amide bonds. The van der Waals surface area contributed by atoms with Gasteiger partial charge in [0.25, 0.3) is 0 Å². The fourth-order valence-corrected chi connectivity index (χ4v) is 4.27. The second-order valence-corrected chi connectivity index (χ2v) is 7.59.